The molecule has 2 rings (SSSR count). The Balaban J connectivity index is 2.35. The maximum Gasteiger partial charge on any atom is 0.137 e. The van der Waals surface area contributed by atoms with E-state index in [0.717, 1.165) is 30.3 Å². The highest BCUT2D eigenvalue weighted by Gasteiger charge is 2.31. The Morgan fingerprint density at radius 2 is 1.94 bits per heavy atom. The van der Waals surface area contributed by atoms with Crippen molar-refractivity contribution in [2.75, 3.05) is 18.0 Å². The van der Waals surface area contributed by atoms with Crippen LogP contribution in [0.1, 0.15) is 31.7 Å². The van der Waals surface area contributed by atoms with Crippen LogP contribution < -0.4 is 4.90 Å². The first-order chi connectivity index (χ1) is 7.39. The number of hydrogen-bond acceptors (Lipinski definition) is 3. The Bertz CT molecular complexity index is 415. The van der Waals surface area contributed by atoms with Gasteiger partial charge in [-0.2, -0.15) is 0 Å². The van der Waals surface area contributed by atoms with Crippen LogP contribution in [-0.4, -0.2) is 23.1 Å². The molecule has 0 aromatic carbocycles. The molecule has 1 aliphatic rings. The van der Waals surface area contributed by atoms with Crippen molar-refractivity contribution in [1.82, 2.24) is 9.97 Å². The molecule has 0 amide bonds. The van der Waals surface area contributed by atoms with Crippen molar-refractivity contribution in [2.45, 2.75) is 34.1 Å². The smallest absolute Gasteiger partial charge is 0.137 e. The second kappa shape index (κ2) is 3.88. The summed E-state index contributed by atoms with van der Waals surface area (Å²) in [5.74, 6) is 1.75. The molecule has 0 atom stereocenters. The van der Waals surface area contributed by atoms with Crippen LogP contribution in [0.2, 0.25) is 5.15 Å². The summed E-state index contributed by atoms with van der Waals surface area (Å²) in [6, 6.07) is 0. The molecule has 1 aliphatic heterocycles. The largest absolute Gasteiger partial charge is 0.356 e. The van der Waals surface area contributed by atoms with E-state index >= 15 is 0 Å². The molecule has 4 heteroatoms. The highest BCUT2D eigenvalue weighted by Crippen LogP contribution is 2.34. The van der Waals surface area contributed by atoms with Gasteiger partial charge >= 0.3 is 0 Å². The number of aryl methyl sites for hydroxylation is 1. The molecule has 88 valence electrons. The lowest BCUT2D eigenvalue weighted by molar-refractivity contribution is 0.418. The van der Waals surface area contributed by atoms with Gasteiger partial charge in [-0.1, -0.05) is 25.4 Å². The second-order valence-corrected chi connectivity index (χ2v) is 5.70. The van der Waals surface area contributed by atoms with Crippen LogP contribution in [0.15, 0.2) is 0 Å². The molecule has 0 aliphatic carbocycles. The maximum absolute atomic E-state index is 6.09. The van der Waals surface area contributed by atoms with E-state index in [-0.39, 0.29) is 0 Å². The van der Waals surface area contributed by atoms with E-state index in [1.54, 1.807) is 0 Å². The van der Waals surface area contributed by atoms with E-state index in [4.69, 9.17) is 11.6 Å². The van der Waals surface area contributed by atoms with Crippen LogP contribution in [0.3, 0.4) is 0 Å². The fourth-order valence-electron chi connectivity index (χ4n) is 2.18. The number of anilines is 1. The molecule has 3 nitrogen and oxygen atoms in total. The highest BCUT2D eigenvalue weighted by molar-refractivity contribution is 6.30. The molecule has 1 aromatic rings. The number of halogens is 1. The molecule has 2 heterocycles. The Kier molecular flexibility index (Phi) is 2.82. The molecule has 0 spiro atoms. The topological polar surface area (TPSA) is 29.0 Å². The van der Waals surface area contributed by atoms with Crippen molar-refractivity contribution in [2.24, 2.45) is 5.41 Å². The monoisotopic (exact) mass is 239 g/mol. The van der Waals surface area contributed by atoms with E-state index in [9.17, 15) is 0 Å². The first kappa shape index (κ1) is 11.6. The molecule has 0 bridgehead atoms. The van der Waals surface area contributed by atoms with Gasteiger partial charge in [0.15, 0.2) is 0 Å². The predicted molar refractivity (Wildman–Crippen MR) is 67.1 cm³/mol. The van der Waals surface area contributed by atoms with Gasteiger partial charge in [-0.25, -0.2) is 9.97 Å². The van der Waals surface area contributed by atoms with Crippen LogP contribution >= 0.6 is 11.6 Å². The number of hydrogen-bond donors (Lipinski definition) is 0. The van der Waals surface area contributed by atoms with E-state index in [1.165, 1.54) is 6.42 Å². The van der Waals surface area contributed by atoms with Gasteiger partial charge in [-0.05, 0) is 25.7 Å². The van der Waals surface area contributed by atoms with Crippen LogP contribution in [-0.2, 0) is 0 Å². The summed E-state index contributed by atoms with van der Waals surface area (Å²) in [6.07, 6.45) is 1.20. The Labute approximate surface area is 102 Å². The summed E-state index contributed by atoms with van der Waals surface area (Å²) in [7, 11) is 0. The lowest BCUT2D eigenvalue weighted by atomic mass is 9.93. The lowest BCUT2D eigenvalue weighted by Crippen LogP contribution is -2.25. The molecular weight excluding hydrogens is 222 g/mol. The number of aromatic nitrogens is 2. The van der Waals surface area contributed by atoms with Crippen LogP contribution in [0, 0.1) is 19.3 Å². The van der Waals surface area contributed by atoms with Gasteiger partial charge < -0.3 is 4.90 Å². The zero-order valence-corrected chi connectivity index (χ0v) is 11.1. The SMILES string of the molecule is Cc1nc(Cl)c(C)c(N2CCC(C)(C)C2)n1. The van der Waals surface area contributed by atoms with Crippen LogP contribution in [0.5, 0.6) is 0 Å². The molecule has 1 aromatic heterocycles. The average Bonchev–Trinajstić information content (AvgIpc) is 2.52. The number of nitrogens with zero attached hydrogens (tertiary/aromatic N) is 3. The first-order valence-corrected chi connectivity index (χ1v) is 6.02. The second-order valence-electron chi connectivity index (χ2n) is 5.35. The highest BCUT2D eigenvalue weighted by atomic mass is 35.5. The summed E-state index contributed by atoms with van der Waals surface area (Å²) in [5, 5.41) is 0.576. The molecule has 0 saturated carbocycles. The molecule has 1 saturated heterocycles. The Hall–Kier alpha value is -0.830. The molecule has 16 heavy (non-hydrogen) atoms. The maximum atomic E-state index is 6.09. The van der Waals surface area contributed by atoms with Gasteiger partial charge in [0.25, 0.3) is 0 Å². The zero-order valence-electron chi connectivity index (χ0n) is 10.3. The van der Waals surface area contributed by atoms with Crippen molar-refractivity contribution in [1.29, 1.82) is 0 Å². The summed E-state index contributed by atoms with van der Waals surface area (Å²) < 4.78 is 0. The molecule has 0 N–H and O–H groups in total. The minimum absolute atomic E-state index is 0.373. The summed E-state index contributed by atoms with van der Waals surface area (Å²) in [4.78, 5) is 11.0. The van der Waals surface area contributed by atoms with Gasteiger partial charge in [0, 0.05) is 18.7 Å². The molecule has 0 radical (unpaired) electrons. The fraction of sp³-hybridized carbons (Fsp3) is 0.667. The van der Waals surface area contributed by atoms with E-state index < -0.39 is 0 Å². The third-order valence-corrected chi connectivity index (χ3v) is 3.52. The van der Waals surface area contributed by atoms with Crippen molar-refractivity contribution in [3.8, 4) is 0 Å². The quantitative estimate of drug-likeness (QED) is 0.706. The van der Waals surface area contributed by atoms with Gasteiger partial charge in [-0.15, -0.1) is 0 Å². The summed E-state index contributed by atoms with van der Waals surface area (Å²) in [6.45, 7) is 10.6. The Morgan fingerprint density at radius 1 is 1.25 bits per heavy atom. The van der Waals surface area contributed by atoms with Crippen molar-refractivity contribution in [3.63, 3.8) is 0 Å². The van der Waals surface area contributed by atoms with E-state index in [2.05, 4.69) is 28.7 Å². The molecular formula is C12H18ClN3. The summed E-state index contributed by atoms with van der Waals surface area (Å²) in [5.41, 5.74) is 1.36. The normalized spacial score (nSPS) is 19.2. The summed E-state index contributed by atoms with van der Waals surface area (Å²) >= 11 is 6.09. The third kappa shape index (κ3) is 2.14. The Morgan fingerprint density at radius 3 is 2.50 bits per heavy atom. The van der Waals surface area contributed by atoms with Gasteiger partial charge in [-0.3, -0.25) is 0 Å². The van der Waals surface area contributed by atoms with Crippen molar-refractivity contribution >= 4 is 17.4 Å². The van der Waals surface area contributed by atoms with Crippen LogP contribution in [0.25, 0.3) is 0 Å². The minimum Gasteiger partial charge on any atom is -0.356 e. The van der Waals surface area contributed by atoms with Gasteiger partial charge in [0.05, 0.1) is 0 Å². The van der Waals surface area contributed by atoms with Gasteiger partial charge in [0.1, 0.15) is 16.8 Å². The lowest BCUT2D eigenvalue weighted by Gasteiger charge is -2.22. The van der Waals surface area contributed by atoms with E-state index in [0.29, 0.717) is 10.6 Å². The first-order valence-electron chi connectivity index (χ1n) is 5.65. The average molecular weight is 240 g/mol. The number of rotatable bonds is 1. The van der Waals surface area contributed by atoms with Crippen molar-refractivity contribution in [3.05, 3.63) is 16.5 Å². The van der Waals surface area contributed by atoms with Crippen molar-refractivity contribution < 1.29 is 0 Å². The molecule has 0 unspecified atom stereocenters. The fourth-order valence-corrected chi connectivity index (χ4v) is 2.39. The van der Waals surface area contributed by atoms with Gasteiger partial charge in [0.2, 0.25) is 0 Å². The van der Waals surface area contributed by atoms with Crippen LogP contribution in [0.4, 0.5) is 5.82 Å². The standard InChI is InChI=1S/C12H18ClN3/c1-8-10(13)14-9(2)15-11(8)16-6-5-12(3,4)7-16/h5-7H2,1-4H3. The minimum atomic E-state index is 0.373. The molecule has 1 fully saturated rings. The van der Waals surface area contributed by atoms with E-state index in [1.807, 2.05) is 13.8 Å². The third-order valence-electron chi connectivity index (χ3n) is 3.15. The predicted octanol–water partition coefficient (Wildman–Crippen LogP) is 2.98. The zero-order chi connectivity index (χ0) is 11.9.